The summed E-state index contributed by atoms with van der Waals surface area (Å²) >= 11 is 7.45. The number of rotatable bonds is 7. The van der Waals surface area contributed by atoms with E-state index in [1.54, 1.807) is 17.5 Å². The number of nitrogens with one attached hydrogen (secondary N) is 1. The van der Waals surface area contributed by atoms with Crippen LogP contribution in [0.3, 0.4) is 0 Å². The molecule has 0 fully saturated rings. The number of carbonyl (C=O) groups is 1. The van der Waals surface area contributed by atoms with Gasteiger partial charge in [0.2, 0.25) is 5.91 Å². The van der Waals surface area contributed by atoms with Gasteiger partial charge >= 0.3 is 0 Å². The van der Waals surface area contributed by atoms with E-state index in [0.29, 0.717) is 13.1 Å². The van der Waals surface area contributed by atoms with Gasteiger partial charge in [-0.25, -0.2) is 4.98 Å². The van der Waals surface area contributed by atoms with Gasteiger partial charge in [-0.15, -0.1) is 11.3 Å². The second-order valence-electron chi connectivity index (χ2n) is 5.19. The highest BCUT2D eigenvalue weighted by molar-refractivity contribution is 7.09. The fourth-order valence-electron chi connectivity index (χ4n) is 2.05. The van der Waals surface area contributed by atoms with Gasteiger partial charge in [-0.2, -0.15) is 0 Å². The van der Waals surface area contributed by atoms with Crippen molar-refractivity contribution >= 4 is 28.8 Å². The summed E-state index contributed by atoms with van der Waals surface area (Å²) in [4.78, 5) is 18.3. The van der Waals surface area contributed by atoms with Crippen LogP contribution in [0.25, 0.3) is 0 Å². The standard InChI is InChI=1S/C16H20ClN3OS/c1-12(16-19-9-10-22-16)20(2)11-15(21)18-8-7-13-3-5-14(17)6-4-13/h3-6,9-10,12H,7-8,11H2,1-2H3,(H,18,21)/t12-/m0/s1. The molecule has 0 bridgehead atoms. The maximum absolute atomic E-state index is 12.0. The summed E-state index contributed by atoms with van der Waals surface area (Å²) in [5.41, 5.74) is 1.16. The van der Waals surface area contributed by atoms with E-state index < -0.39 is 0 Å². The van der Waals surface area contributed by atoms with Crippen molar-refractivity contribution in [3.63, 3.8) is 0 Å². The molecule has 0 saturated carbocycles. The first-order chi connectivity index (χ1) is 10.6. The lowest BCUT2D eigenvalue weighted by atomic mass is 10.1. The van der Waals surface area contributed by atoms with E-state index in [1.807, 2.05) is 41.6 Å². The van der Waals surface area contributed by atoms with E-state index in [0.717, 1.165) is 22.0 Å². The normalized spacial score (nSPS) is 12.4. The Kier molecular flexibility index (Phi) is 6.36. The first-order valence-electron chi connectivity index (χ1n) is 7.17. The molecule has 1 amide bonds. The van der Waals surface area contributed by atoms with Crippen molar-refractivity contribution in [3.8, 4) is 0 Å². The number of carbonyl (C=O) groups excluding carboxylic acids is 1. The molecule has 118 valence electrons. The fraction of sp³-hybridized carbons (Fsp3) is 0.375. The number of thiazole rings is 1. The maximum atomic E-state index is 12.0. The number of hydrogen-bond acceptors (Lipinski definition) is 4. The summed E-state index contributed by atoms with van der Waals surface area (Å²) < 4.78 is 0. The Morgan fingerprint density at radius 3 is 2.77 bits per heavy atom. The highest BCUT2D eigenvalue weighted by atomic mass is 35.5. The number of aromatic nitrogens is 1. The lowest BCUT2D eigenvalue weighted by molar-refractivity contribution is -0.122. The van der Waals surface area contributed by atoms with Crippen LogP contribution in [0, 0.1) is 0 Å². The summed E-state index contributed by atoms with van der Waals surface area (Å²) in [7, 11) is 1.94. The number of likely N-dealkylation sites (N-methyl/N-ethyl adjacent to an activating group) is 1. The Hall–Kier alpha value is -1.43. The smallest absolute Gasteiger partial charge is 0.234 e. The minimum atomic E-state index is 0.0277. The molecule has 6 heteroatoms. The second-order valence-corrected chi connectivity index (χ2v) is 6.55. The van der Waals surface area contributed by atoms with Gasteiger partial charge in [-0.1, -0.05) is 23.7 Å². The van der Waals surface area contributed by atoms with Crippen molar-refractivity contribution in [1.29, 1.82) is 0 Å². The van der Waals surface area contributed by atoms with Crippen molar-refractivity contribution in [1.82, 2.24) is 15.2 Å². The topological polar surface area (TPSA) is 45.2 Å². The molecule has 4 nitrogen and oxygen atoms in total. The molecule has 0 aliphatic rings. The Morgan fingerprint density at radius 1 is 1.41 bits per heavy atom. The van der Waals surface area contributed by atoms with Crippen LogP contribution in [0.15, 0.2) is 35.8 Å². The molecule has 0 unspecified atom stereocenters. The van der Waals surface area contributed by atoms with Crippen molar-refractivity contribution in [2.24, 2.45) is 0 Å². The van der Waals surface area contributed by atoms with Crippen molar-refractivity contribution in [3.05, 3.63) is 51.4 Å². The summed E-state index contributed by atoms with van der Waals surface area (Å²) in [6.07, 6.45) is 2.59. The van der Waals surface area contributed by atoms with Gasteiger partial charge in [0.15, 0.2) is 0 Å². The number of nitrogens with zero attached hydrogens (tertiary/aromatic N) is 2. The number of hydrogen-bond donors (Lipinski definition) is 1. The molecule has 1 aromatic carbocycles. The average molecular weight is 338 g/mol. The molecule has 0 aliphatic carbocycles. The molecule has 1 atom stereocenters. The van der Waals surface area contributed by atoms with E-state index in [4.69, 9.17) is 11.6 Å². The van der Waals surface area contributed by atoms with E-state index in [9.17, 15) is 4.79 Å². The van der Waals surface area contributed by atoms with Crippen LogP contribution >= 0.6 is 22.9 Å². The van der Waals surface area contributed by atoms with Gasteiger partial charge in [0.25, 0.3) is 0 Å². The minimum Gasteiger partial charge on any atom is -0.355 e. The van der Waals surface area contributed by atoms with Crippen LogP contribution < -0.4 is 5.32 Å². The van der Waals surface area contributed by atoms with E-state index in [-0.39, 0.29) is 11.9 Å². The molecule has 1 heterocycles. The average Bonchev–Trinajstić information content (AvgIpc) is 3.02. The zero-order chi connectivity index (χ0) is 15.9. The van der Waals surface area contributed by atoms with Gasteiger partial charge in [-0.05, 0) is 38.1 Å². The highest BCUT2D eigenvalue weighted by Gasteiger charge is 2.16. The molecule has 0 spiro atoms. The second kappa shape index (κ2) is 8.27. The Balaban J connectivity index is 1.72. The van der Waals surface area contributed by atoms with Crippen LogP contribution in [-0.4, -0.2) is 35.9 Å². The molecule has 1 N–H and O–H groups in total. The third-order valence-electron chi connectivity index (χ3n) is 3.51. The molecular formula is C16H20ClN3OS. The first-order valence-corrected chi connectivity index (χ1v) is 8.43. The molecule has 0 saturated heterocycles. The molecule has 1 aromatic heterocycles. The minimum absolute atomic E-state index is 0.0277. The molecule has 2 aromatic rings. The van der Waals surface area contributed by atoms with Crippen LogP contribution in [0.1, 0.15) is 23.5 Å². The molecule has 22 heavy (non-hydrogen) atoms. The molecule has 2 rings (SSSR count). The summed E-state index contributed by atoms with van der Waals surface area (Å²) in [6, 6.07) is 7.82. The Bertz CT molecular complexity index is 586. The monoisotopic (exact) mass is 337 g/mol. The lowest BCUT2D eigenvalue weighted by Gasteiger charge is -2.22. The van der Waals surface area contributed by atoms with E-state index >= 15 is 0 Å². The SMILES string of the molecule is C[C@@H](c1nccs1)N(C)CC(=O)NCCc1ccc(Cl)cc1. The van der Waals surface area contributed by atoms with Gasteiger partial charge in [0, 0.05) is 23.1 Å². The van der Waals surface area contributed by atoms with Crippen LogP contribution in [0.2, 0.25) is 5.02 Å². The highest BCUT2D eigenvalue weighted by Crippen LogP contribution is 2.20. The van der Waals surface area contributed by atoms with Crippen LogP contribution in [0.5, 0.6) is 0 Å². The lowest BCUT2D eigenvalue weighted by Crippen LogP contribution is -2.37. The zero-order valence-electron chi connectivity index (χ0n) is 12.8. The van der Waals surface area contributed by atoms with Gasteiger partial charge < -0.3 is 5.32 Å². The third-order valence-corrected chi connectivity index (χ3v) is 4.71. The summed E-state index contributed by atoms with van der Waals surface area (Å²) in [5.74, 6) is 0.0277. The van der Waals surface area contributed by atoms with E-state index in [1.165, 1.54) is 0 Å². The quantitative estimate of drug-likeness (QED) is 0.844. The number of benzene rings is 1. The fourth-order valence-corrected chi connectivity index (χ4v) is 2.93. The number of amides is 1. The first kappa shape index (κ1) is 16.9. The van der Waals surface area contributed by atoms with E-state index in [2.05, 4.69) is 17.2 Å². The molecule has 0 aliphatic heterocycles. The van der Waals surface area contributed by atoms with Gasteiger partial charge in [0.1, 0.15) is 5.01 Å². The largest absolute Gasteiger partial charge is 0.355 e. The summed E-state index contributed by atoms with van der Waals surface area (Å²) in [5, 5.41) is 6.65. The van der Waals surface area contributed by atoms with Crippen molar-refractivity contribution in [2.75, 3.05) is 20.1 Å². The van der Waals surface area contributed by atoms with Gasteiger partial charge in [0.05, 0.1) is 12.6 Å². The zero-order valence-corrected chi connectivity index (χ0v) is 14.3. The van der Waals surface area contributed by atoms with Crippen molar-refractivity contribution in [2.45, 2.75) is 19.4 Å². The molecular weight excluding hydrogens is 318 g/mol. The Morgan fingerprint density at radius 2 is 2.14 bits per heavy atom. The van der Waals surface area contributed by atoms with Gasteiger partial charge in [-0.3, -0.25) is 9.69 Å². The predicted molar refractivity (Wildman–Crippen MR) is 91.3 cm³/mol. The predicted octanol–water partition coefficient (Wildman–Crippen LogP) is 3.15. The summed E-state index contributed by atoms with van der Waals surface area (Å²) in [6.45, 7) is 3.04. The number of halogens is 1. The van der Waals surface area contributed by atoms with Crippen molar-refractivity contribution < 1.29 is 4.79 Å². The Labute approximate surface area is 140 Å². The third kappa shape index (κ3) is 5.09. The molecule has 0 radical (unpaired) electrons. The van der Waals surface area contributed by atoms with Crippen LogP contribution in [-0.2, 0) is 11.2 Å². The van der Waals surface area contributed by atoms with Crippen LogP contribution in [0.4, 0.5) is 0 Å². The maximum Gasteiger partial charge on any atom is 0.234 e.